The van der Waals surface area contributed by atoms with Gasteiger partial charge in [-0.05, 0) is 68.0 Å². The average molecular weight is 346 g/mol. The third-order valence-electron chi connectivity index (χ3n) is 4.59. The van der Waals surface area contributed by atoms with Crippen LogP contribution in [0, 0.1) is 0 Å². The molecule has 0 radical (unpaired) electrons. The Labute approximate surface area is 159 Å². The van der Waals surface area contributed by atoms with Gasteiger partial charge in [0.1, 0.15) is 0 Å². The summed E-state index contributed by atoms with van der Waals surface area (Å²) >= 11 is 0. The van der Waals surface area contributed by atoms with Crippen LogP contribution < -0.4 is 4.90 Å². The van der Waals surface area contributed by atoms with E-state index in [9.17, 15) is 0 Å². The quantitative estimate of drug-likeness (QED) is 0.500. The van der Waals surface area contributed by atoms with E-state index < -0.39 is 0 Å². The van der Waals surface area contributed by atoms with Crippen molar-refractivity contribution in [1.82, 2.24) is 0 Å². The molecule has 0 atom stereocenters. The van der Waals surface area contributed by atoms with Gasteiger partial charge in [-0.25, -0.2) is 0 Å². The third kappa shape index (κ3) is 4.16. The number of anilines is 2. The van der Waals surface area contributed by atoms with E-state index in [1.54, 1.807) is 0 Å². The molecule has 0 unspecified atom stereocenters. The van der Waals surface area contributed by atoms with Gasteiger partial charge in [-0.1, -0.05) is 68.5 Å². The van der Waals surface area contributed by atoms with Crippen LogP contribution >= 0.6 is 0 Å². The molecule has 0 bridgehead atoms. The molecule has 0 aliphatic carbocycles. The van der Waals surface area contributed by atoms with Crippen LogP contribution in [-0.4, -0.2) is 0 Å². The number of hydrogen-bond donors (Lipinski definition) is 0. The second kappa shape index (κ2) is 9.82. The highest BCUT2D eigenvalue weighted by molar-refractivity contribution is 5.79. The Hall–Kier alpha value is -2.54. The predicted molar refractivity (Wildman–Crippen MR) is 118 cm³/mol. The summed E-state index contributed by atoms with van der Waals surface area (Å²) in [5.41, 5.74) is 7.84. The van der Waals surface area contributed by atoms with Gasteiger partial charge < -0.3 is 4.90 Å². The van der Waals surface area contributed by atoms with Gasteiger partial charge in [0.15, 0.2) is 0 Å². The van der Waals surface area contributed by atoms with Crippen LogP contribution in [0.5, 0.6) is 0 Å². The lowest BCUT2D eigenvalue weighted by molar-refractivity contribution is 1.08. The number of benzene rings is 2. The Morgan fingerprint density at radius 2 is 1.50 bits per heavy atom. The minimum Gasteiger partial charge on any atom is -0.317 e. The molecule has 1 heteroatoms. The van der Waals surface area contributed by atoms with Crippen LogP contribution in [0.3, 0.4) is 0 Å². The number of rotatable bonds is 7. The largest absolute Gasteiger partial charge is 0.317 e. The van der Waals surface area contributed by atoms with Crippen molar-refractivity contribution in [1.29, 1.82) is 0 Å². The highest BCUT2D eigenvalue weighted by Gasteiger charge is 2.16. The maximum atomic E-state index is 2.34. The molecule has 0 N–H and O–H groups in total. The first-order chi connectivity index (χ1) is 12.7. The van der Waals surface area contributed by atoms with Gasteiger partial charge in [-0.2, -0.15) is 0 Å². The van der Waals surface area contributed by atoms with Crippen molar-refractivity contribution in [2.45, 2.75) is 47.5 Å². The first-order valence-electron chi connectivity index (χ1n) is 9.62. The number of para-hydroxylation sites is 1. The topological polar surface area (TPSA) is 3.24 Å². The zero-order valence-electron chi connectivity index (χ0n) is 16.8. The van der Waals surface area contributed by atoms with Crippen molar-refractivity contribution < 1.29 is 0 Å². The summed E-state index contributed by atoms with van der Waals surface area (Å²) in [5, 5.41) is 0. The molecule has 0 saturated heterocycles. The van der Waals surface area contributed by atoms with Crippen molar-refractivity contribution in [2.75, 3.05) is 4.90 Å². The normalized spacial score (nSPS) is 11.9. The number of hydrogen-bond acceptors (Lipinski definition) is 1. The molecule has 0 aliphatic heterocycles. The molecule has 0 saturated carbocycles. The summed E-state index contributed by atoms with van der Waals surface area (Å²) in [5.74, 6) is 0. The number of aryl methyl sites for hydroxylation is 1. The Morgan fingerprint density at radius 3 is 2.12 bits per heavy atom. The minimum absolute atomic E-state index is 0.989. The molecule has 1 nitrogen and oxygen atoms in total. The van der Waals surface area contributed by atoms with E-state index in [1.807, 2.05) is 0 Å². The van der Waals surface area contributed by atoms with Gasteiger partial charge in [0.2, 0.25) is 0 Å². The number of nitrogens with zero attached hydrogens (tertiary/aromatic N) is 1. The third-order valence-corrected chi connectivity index (χ3v) is 4.59. The Morgan fingerprint density at radius 1 is 0.769 bits per heavy atom. The van der Waals surface area contributed by atoms with Crippen molar-refractivity contribution in [3.63, 3.8) is 0 Å². The van der Waals surface area contributed by atoms with Crippen LogP contribution in [0.25, 0.3) is 12.2 Å². The van der Waals surface area contributed by atoms with E-state index in [-0.39, 0.29) is 0 Å². The molecule has 0 heterocycles. The van der Waals surface area contributed by atoms with Gasteiger partial charge in [-0.3, -0.25) is 0 Å². The smallest absolute Gasteiger partial charge is 0.0493 e. The Balaban J connectivity index is 2.75. The van der Waals surface area contributed by atoms with Gasteiger partial charge in [0.25, 0.3) is 0 Å². The molecule has 0 spiro atoms. The van der Waals surface area contributed by atoms with Crippen LogP contribution in [0.2, 0.25) is 0 Å². The van der Waals surface area contributed by atoms with E-state index in [2.05, 4.69) is 112 Å². The lowest BCUT2D eigenvalue weighted by atomic mass is 9.95. The highest BCUT2D eigenvalue weighted by Crippen LogP contribution is 2.36. The molecule has 136 valence electrons. The maximum absolute atomic E-state index is 2.34. The maximum Gasteiger partial charge on any atom is 0.0493 e. The Bertz CT molecular complexity index is 809. The van der Waals surface area contributed by atoms with Gasteiger partial charge >= 0.3 is 0 Å². The lowest BCUT2D eigenvalue weighted by Gasteiger charge is -2.27. The van der Waals surface area contributed by atoms with E-state index >= 15 is 0 Å². The molecule has 2 aromatic rings. The fourth-order valence-electron chi connectivity index (χ4n) is 3.44. The molecular formula is C25H31N. The van der Waals surface area contributed by atoms with Crippen molar-refractivity contribution in [2.24, 2.45) is 0 Å². The standard InChI is InChI=1S/C25H31N/c1-6-13-21-17-18-25(22(10-5)23(21)14-7-2)26(19-8-3)24-16-12-11-15-20(24)9-4/h6-8,11-19H,9-10H2,1-5H3. The summed E-state index contributed by atoms with van der Waals surface area (Å²) in [6.45, 7) is 10.7. The summed E-state index contributed by atoms with van der Waals surface area (Å²) in [6, 6.07) is 13.2. The van der Waals surface area contributed by atoms with E-state index in [1.165, 1.54) is 33.6 Å². The fraction of sp³-hybridized carbons (Fsp3) is 0.280. The summed E-state index contributed by atoms with van der Waals surface area (Å²) in [6.07, 6.45) is 15.0. The van der Waals surface area contributed by atoms with Crippen LogP contribution in [-0.2, 0) is 12.8 Å². The van der Waals surface area contributed by atoms with Crippen LogP contribution in [0.1, 0.15) is 56.9 Å². The average Bonchev–Trinajstić information content (AvgIpc) is 2.67. The monoisotopic (exact) mass is 345 g/mol. The highest BCUT2D eigenvalue weighted by atomic mass is 15.1. The molecule has 0 aromatic heterocycles. The summed E-state index contributed by atoms with van der Waals surface area (Å²) < 4.78 is 0. The van der Waals surface area contributed by atoms with E-state index in [0.717, 1.165) is 12.8 Å². The molecule has 0 fully saturated rings. The SMILES string of the molecule is CC=Cc1ccc(N(C=CC)c2ccccc2CC)c(CC)c1C=CC. The van der Waals surface area contributed by atoms with Crippen LogP contribution in [0.4, 0.5) is 11.4 Å². The van der Waals surface area contributed by atoms with Crippen molar-refractivity contribution >= 4 is 23.5 Å². The summed E-state index contributed by atoms with van der Waals surface area (Å²) in [4.78, 5) is 2.34. The van der Waals surface area contributed by atoms with Crippen molar-refractivity contribution in [3.8, 4) is 0 Å². The number of allylic oxidation sites excluding steroid dienone is 3. The molecule has 26 heavy (non-hydrogen) atoms. The predicted octanol–water partition coefficient (Wildman–Crippen LogP) is 7.55. The van der Waals surface area contributed by atoms with Crippen LogP contribution in [0.15, 0.2) is 60.8 Å². The Kier molecular flexibility index (Phi) is 7.47. The van der Waals surface area contributed by atoms with Gasteiger partial charge in [-0.15, -0.1) is 0 Å². The molecule has 0 aliphatic rings. The minimum atomic E-state index is 0.989. The van der Waals surface area contributed by atoms with Gasteiger partial charge in [0, 0.05) is 17.6 Å². The molecule has 2 aromatic carbocycles. The molecular weight excluding hydrogens is 314 g/mol. The second-order valence-electron chi connectivity index (χ2n) is 6.25. The van der Waals surface area contributed by atoms with E-state index in [4.69, 9.17) is 0 Å². The fourth-order valence-corrected chi connectivity index (χ4v) is 3.44. The first-order valence-corrected chi connectivity index (χ1v) is 9.62. The van der Waals surface area contributed by atoms with Gasteiger partial charge in [0.05, 0.1) is 0 Å². The zero-order chi connectivity index (χ0) is 18.9. The molecule has 2 rings (SSSR count). The summed E-state index contributed by atoms with van der Waals surface area (Å²) in [7, 11) is 0. The van der Waals surface area contributed by atoms with Crippen molar-refractivity contribution in [3.05, 3.63) is 83.1 Å². The zero-order valence-corrected chi connectivity index (χ0v) is 16.8. The second-order valence-corrected chi connectivity index (χ2v) is 6.25. The first kappa shape index (κ1) is 19.8. The lowest BCUT2D eigenvalue weighted by Crippen LogP contribution is -2.13. The molecule has 0 amide bonds. The van der Waals surface area contributed by atoms with E-state index in [0.29, 0.717) is 0 Å².